The van der Waals surface area contributed by atoms with Crippen LogP contribution in [0.4, 0.5) is 0 Å². The number of hydrogen-bond acceptors (Lipinski definition) is 2. The van der Waals surface area contributed by atoms with E-state index >= 15 is 0 Å². The molecule has 0 N–H and O–H groups in total. The van der Waals surface area contributed by atoms with Crippen LogP contribution in [0, 0.1) is 23.2 Å². The van der Waals surface area contributed by atoms with Gasteiger partial charge in [0, 0.05) is 24.9 Å². The van der Waals surface area contributed by atoms with Gasteiger partial charge in [-0.25, -0.2) is 0 Å². The van der Waals surface area contributed by atoms with E-state index in [0.29, 0.717) is 12.2 Å². The van der Waals surface area contributed by atoms with Crippen molar-refractivity contribution in [2.45, 2.75) is 52.9 Å². The van der Waals surface area contributed by atoms with Crippen LogP contribution in [0.5, 0.6) is 0 Å². The van der Waals surface area contributed by atoms with Gasteiger partial charge in [0.15, 0.2) is 0 Å². The van der Waals surface area contributed by atoms with Crippen molar-refractivity contribution < 1.29 is 4.79 Å². The first kappa shape index (κ1) is 14.0. The summed E-state index contributed by atoms with van der Waals surface area (Å²) in [6, 6.07) is 0. The van der Waals surface area contributed by atoms with Crippen molar-refractivity contribution >= 4 is 5.78 Å². The minimum atomic E-state index is -0.173. The predicted molar refractivity (Wildman–Crippen MR) is 75.5 cm³/mol. The van der Waals surface area contributed by atoms with E-state index in [0.717, 1.165) is 24.3 Å². The van der Waals surface area contributed by atoms with Gasteiger partial charge in [0.25, 0.3) is 0 Å². The molecule has 2 bridgehead atoms. The number of nitrogens with zero attached hydrogens (tertiary/aromatic N) is 1. The minimum absolute atomic E-state index is 0.173. The Kier molecular flexibility index (Phi) is 4.15. The van der Waals surface area contributed by atoms with Crippen molar-refractivity contribution in [1.82, 2.24) is 4.90 Å². The molecule has 0 heterocycles. The molecule has 0 aromatic heterocycles. The van der Waals surface area contributed by atoms with Gasteiger partial charge < -0.3 is 4.90 Å². The number of rotatable bonds is 5. The number of fused-ring (bicyclic) bond motifs is 2. The first-order valence-electron chi connectivity index (χ1n) is 7.58. The summed E-state index contributed by atoms with van der Waals surface area (Å²) in [6.07, 6.45) is 6.58. The fourth-order valence-electron chi connectivity index (χ4n) is 3.76. The lowest BCUT2D eigenvalue weighted by atomic mass is 9.87. The van der Waals surface area contributed by atoms with Crippen LogP contribution in [0.25, 0.3) is 0 Å². The van der Waals surface area contributed by atoms with Crippen LogP contribution in [-0.4, -0.2) is 30.8 Å². The summed E-state index contributed by atoms with van der Waals surface area (Å²) in [6.45, 7) is 8.20. The molecule has 2 rings (SSSR count). The molecule has 18 heavy (non-hydrogen) atoms. The summed E-state index contributed by atoms with van der Waals surface area (Å²) < 4.78 is 0. The van der Waals surface area contributed by atoms with Gasteiger partial charge in [0.1, 0.15) is 5.78 Å². The molecule has 3 unspecified atom stereocenters. The van der Waals surface area contributed by atoms with Gasteiger partial charge in [0.2, 0.25) is 0 Å². The van der Waals surface area contributed by atoms with Crippen molar-refractivity contribution in [1.29, 1.82) is 0 Å². The van der Waals surface area contributed by atoms with Gasteiger partial charge in [-0.3, -0.25) is 4.79 Å². The highest BCUT2D eigenvalue weighted by molar-refractivity contribution is 5.83. The minimum Gasteiger partial charge on any atom is -0.306 e. The van der Waals surface area contributed by atoms with E-state index in [4.69, 9.17) is 0 Å². The Hall–Kier alpha value is -0.370. The lowest BCUT2D eigenvalue weighted by Crippen LogP contribution is -2.32. The van der Waals surface area contributed by atoms with E-state index in [-0.39, 0.29) is 5.41 Å². The van der Waals surface area contributed by atoms with Crippen LogP contribution in [-0.2, 0) is 4.79 Å². The number of carbonyl (C=O) groups is 1. The monoisotopic (exact) mass is 251 g/mol. The van der Waals surface area contributed by atoms with Gasteiger partial charge in [-0.2, -0.15) is 0 Å². The summed E-state index contributed by atoms with van der Waals surface area (Å²) in [5, 5.41) is 0. The molecule has 0 aromatic carbocycles. The molecule has 2 fully saturated rings. The third-order valence-electron chi connectivity index (χ3n) is 4.99. The Morgan fingerprint density at radius 2 is 1.94 bits per heavy atom. The molecular formula is C16H29NO. The molecule has 0 aromatic rings. The van der Waals surface area contributed by atoms with Gasteiger partial charge in [-0.15, -0.1) is 0 Å². The van der Waals surface area contributed by atoms with Crippen LogP contribution >= 0.6 is 0 Å². The molecule has 2 nitrogen and oxygen atoms in total. The average Bonchev–Trinajstić information content (AvgIpc) is 2.86. The summed E-state index contributed by atoms with van der Waals surface area (Å²) in [4.78, 5) is 14.3. The maximum atomic E-state index is 11.9. The first-order valence-corrected chi connectivity index (χ1v) is 7.58. The zero-order chi connectivity index (χ0) is 13.3. The molecule has 0 radical (unpaired) electrons. The number of carbonyl (C=O) groups excluding carboxylic acids is 1. The third kappa shape index (κ3) is 3.34. The van der Waals surface area contributed by atoms with Crippen LogP contribution in [0.1, 0.15) is 52.9 Å². The van der Waals surface area contributed by atoms with Crippen molar-refractivity contribution in [3.05, 3.63) is 0 Å². The Morgan fingerprint density at radius 3 is 2.44 bits per heavy atom. The highest BCUT2D eigenvalue weighted by atomic mass is 16.1. The molecular weight excluding hydrogens is 222 g/mol. The highest BCUT2D eigenvalue weighted by Gasteiger charge is 2.39. The summed E-state index contributed by atoms with van der Waals surface area (Å²) in [5.74, 6) is 3.33. The van der Waals surface area contributed by atoms with E-state index in [9.17, 15) is 4.79 Å². The lowest BCUT2D eigenvalue weighted by Gasteiger charge is -2.27. The largest absolute Gasteiger partial charge is 0.306 e. The molecule has 104 valence electrons. The topological polar surface area (TPSA) is 20.3 Å². The van der Waals surface area contributed by atoms with Crippen LogP contribution in [0.15, 0.2) is 0 Å². The smallest absolute Gasteiger partial charge is 0.139 e. The maximum absolute atomic E-state index is 11.9. The molecule has 2 heteroatoms. The van der Waals surface area contributed by atoms with E-state index in [2.05, 4.69) is 11.9 Å². The Morgan fingerprint density at radius 1 is 1.22 bits per heavy atom. The molecule has 3 atom stereocenters. The van der Waals surface area contributed by atoms with Crippen molar-refractivity contribution in [2.24, 2.45) is 23.2 Å². The normalized spacial score (nSPS) is 31.3. The lowest BCUT2D eigenvalue weighted by molar-refractivity contribution is -0.126. The fourth-order valence-corrected chi connectivity index (χ4v) is 3.76. The van der Waals surface area contributed by atoms with Gasteiger partial charge >= 0.3 is 0 Å². The van der Waals surface area contributed by atoms with E-state index in [1.165, 1.54) is 32.2 Å². The Labute approximate surface area is 112 Å². The van der Waals surface area contributed by atoms with E-state index in [1.807, 2.05) is 20.8 Å². The molecule has 2 aliphatic rings. The first-order chi connectivity index (χ1) is 8.36. The number of ketones is 1. The molecule has 0 aliphatic heterocycles. The van der Waals surface area contributed by atoms with Crippen LogP contribution in [0.3, 0.4) is 0 Å². The zero-order valence-corrected chi connectivity index (χ0v) is 12.5. The van der Waals surface area contributed by atoms with Gasteiger partial charge in [-0.05, 0) is 44.1 Å². The zero-order valence-electron chi connectivity index (χ0n) is 12.5. The Bertz CT molecular complexity index is 305. The SMILES string of the molecule is CN(CCC(=O)C(C)(C)C)CC1CC2CCC1C2. The number of Topliss-reactive ketones (excluding diaryl/α,β-unsaturated/α-hetero) is 1. The molecule has 0 spiro atoms. The second kappa shape index (κ2) is 5.32. The Balaban J connectivity index is 1.70. The van der Waals surface area contributed by atoms with Crippen molar-refractivity contribution in [2.75, 3.05) is 20.1 Å². The fraction of sp³-hybridized carbons (Fsp3) is 0.938. The molecule has 0 amide bonds. The summed E-state index contributed by atoms with van der Waals surface area (Å²) in [7, 11) is 2.18. The van der Waals surface area contributed by atoms with Crippen LogP contribution in [0.2, 0.25) is 0 Å². The second-order valence-electron chi connectivity index (χ2n) is 7.62. The third-order valence-corrected chi connectivity index (χ3v) is 4.99. The summed E-state index contributed by atoms with van der Waals surface area (Å²) >= 11 is 0. The maximum Gasteiger partial charge on any atom is 0.139 e. The van der Waals surface area contributed by atoms with Crippen molar-refractivity contribution in [3.8, 4) is 0 Å². The molecule has 2 saturated carbocycles. The quantitative estimate of drug-likeness (QED) is 0.747. The van der Waals surface area contributed by atoms with Crippen molar-refractivity contribution in [3.63, 3.8) is 0 Å². The summed E-state index contributed by atoms with van der Waals surface area (Å²) in [5.41, 5.74) is -0.173. The average molecular weight is 251 g/mol. The van der Waals surface area contributed by atoms with Gasteiger partial charge in [0.05, 0.1) is 0 Å². The predicted octanol–water partition coefficient (Wildman–Crippen LogP) is 3.36. The molecule has 0 saturated heterocycles. The highest BCUT2D eigenvalue weighted by Crippen LogP contribution is 2.48. The molecule has 2 aliphatic carbocycles. The van der Waals surface area contributed by atoms with E-state index < -0.39 is 0 Å². The van der Waals surface area contributed by atoms with Crippen LogP contribution < -0.4 is 0 Å². The number of hydrogen-bond donors (Lipinski definition) is 0. The second-order valence-corrected chi connectivity index (χ2v) is 7.62. The standard InChI is InChI=1S/C16H29NO/c1-16(2,3)15(18)7-8-17(4)11-14-10-12-5-6-13(14)9-12/h12-14H,5-11H2,1-4H3. The van der Waals surface area contributed by atoms with Gasteiger partial charge in [-0.1, -0.05) is 27.2 Å². The van der Waals surface area contributed by atoms with E-state index in [1.54, 1.807) is 0 Å².